The van der Waals surface area contributed by atoms with Crippen LogP contribution in [0.1, 0.15) is 11.1 Å². The zero-order valence-electron chi connectivity index (χ0n) is 10.5. The Balaban J connectivity index is 2.15. The van der Waals surface area contributed by atoms with E-state index in [-0.39, 0.29) is 0 Å². The van der Waals surface area contributed by atoms with Gasteiger partial charge in [-0.25, -0.2) is 0 Å². The topological polar surface area (TPSA) is 28.7 Å². The molecule has 0 unspecified atom stereocenters. The van der Waals surface area contributed by atoms with Crippen LogP contribution in [-0.4, -0.2) is 4.57 Å². The number of benzene rings is 2. The molecule has 2 nitrogen and oxygen atoms in total. The minimum atomic E-state index is 0.542. The van der Waals surface area contributed by atoms with E-state index in [4.69, 9.17) is 23.2 Å². The van der Waals surface area contributed by atoms with Gasteiger partial charge in [0.1, 0.15) is 6.07 Å². The van der Waals surface area contributed by atoms with Crippen molar-refractivity contribution in [3.8, 4) is 6.07 Å². The van der Waals surface area contributed by atoms with Crippen LogP contribution in [0.5, 0.6) is 0 Å². The zero-order chi connectivity index (χ0) is 14.1. The highest BCUT2D eigenvalue weighted by atomic mass is 35.5. The molecule has 0 saturated carbocycles. The Morgan fingerprint density at radius 3 is 2.40 bits per heavy atom. The number of fused-ring (bicyclic) bond motifs is 1. The number of nitrogens with zero attached hydrogens (tertiary/aromatic N) is 2. The lowest BCUT2D eigenvalue weighted by Crippen LogP contribution is -1.99. The van der Waals surface area contributed by atoms with Crippen LogP contribution >= 0.6 is 23.2 Å². The first kappa shape index (κ1) is 13.1. The molecule has 0 aliphatic rings. The average Bonchev–Trinajstić information content (AvgIpc) is 2.81. The van der Waals surface area contributed by atoms with Crippen LogP contribution < -0.4 is 0 Å². The molecule has 0 atom stereocenters. The van der Waals surface area contributed by atoms with Crippen molar-refractivity contribution < 1.29 is 0 Å². The smallest absolute Gasteiger partial charge is 0.101 e. The normalized spacial score (nSPS) is 10.7. The highest BCUT2D eigenvalue weighted by molar-refractivity contribution is 6.36. The summed E-state index contributed by atoms with van der Waals surface area (Å²) in [7, 11) is 0. The van der Waals surface area contributed by atoms with Gasteiger partial charge in [0.15, 0.2) is 0 Å². The quantitative estimate of drug-likeness (QED) is 0.664. The summed E-state index contributed by atoms with van der Waals surface area (Å²) in [6.07, 6.45) is 1.84. The average molecular weight is 301 g/mol. The minimum absolute atomic E-state index is 0.542. The van der Waals surface area contributed by atoms with E-state index in [0.717, 1.165) is 16.5 Å². The van der Waals surface area contributed by atoms with Gasteiger partial charge in [0.2, 0.25) is 0 Å². The molecule has 2 aromatic carbocycles. The molecule has 1 heterocycles. The first-order chi connectivity index (χ1) is 9.70. The van der Waals surface area contributed by atoms with Crippen molar-refractivity contribution in [2.75, 3.05) is 0 Å². The van der Waals surface area contributed by atoms with Gasteiger partial charge in [-0.3, -0.25) is 0 Å². The number of para-hydroxylation sites is 1. The maximum Gasteiger partial charge on any atom is 0.101 e. The Morgan fingerprint density at radius 1 is 1.00 bits per heavy atom. The Kier molecular flexibility index (Phi) is 3.40. The number of halogens is 2. The SMILES string of the molecule is N#Cc1cn(Cc2c(Cl)cccc2Cl)c2ccccc12. The lowest BCUT2D eigenvalue weighted by atomic mass is 10.2. The summed E-state index contributed by atoms with van der Waals surface area (Å²) >= 11 is 12.4. The summed E-state index contributed by atoms with van der Waals surface area (Å²) in [6.45, 7) is 0.542. The van der Waals surface area contributed by atoms with E-state index in [0.29, 0.717) is 22.2 Å². The van der Waals surface area contributed by atoms with Crippen molar-refractivity contribution in [1.82, 2.24) is 4.57 Å². The molecule has 1 aromatic heterocycles. The molecule has 0 aliphatic carbocycles. The van der Waals surface area contributed by atoms with Crippen molar-refractivity contribution in [2.24, 2.45) is 0 Å². The molecule has 98 valence electrons. The Morgan fingerprint density at radius 2 is 1.70 bits per heavy atom. The lowest BCUT2D eigenvalue weighted by molar-refractivity contribution is 0.836. The molecule has 4 heteroatoms. The van der Waals surface area contributed by atoms with E-state index in [9.17, 15) is 5.26 Å². The van der Waals surface area contributed by atoms with E-state index >= 15 is 0 Å². The number of aromatic nitrogens is 1. The molecule has 0 aliphatic heterocycles. The van der Waals surface area contributed by atoms with E-state index in [1.165, 1.54) is 0 Å². The number of nitriles is 1. The largest absolute Gasteiger partial charge is 0.342 e. The van der Waals surface area contributed by atoms with Gasteiger partial charge in [-0.1, -0.05) is 47.5 Å². The molecule has 0 fully saturated rings. The van der Waals surface area contributed by atoms with Crippen molar-refractivity contribution >= 4 is 34.1 Å². The first-order valence-electron chi connectivity index (χ1n) is 6.11. The fourth-order valence-electron chi connectivity index (χ4n) is 2.32. The van der Waals surface area contributed by atoms with Crippen LogP contribution in [0.4, 0.5) is 0 Å². The van der Waals surface area contributed by atoms with Crippen molar-refractivity contribution in [2.45, 2.75) is 6.54 Å². The highest BCUT2D eigenvalue weighted by Crippen LogP contribution is 2.28. The molecule has 0 radical (unpaired) electrons. The van der Waals surface area contributed by atoms with Gasteiger partial charge >= 0.3 is 0 Å². The molecule has 0 spiro atoms. The molecule has 0 N–H and O–H groups in total. The van der Waals surface area contributed by atoms with Crippen molar-refractivity contribution in [1.29, 1.82) is 5.26 Å². The molecule has 3 rings (SSSR count). The van der Waals surface area contributed by atoms with Gasteiger partial charge in [-0.2, -0.15) is 5.26 Å². The van der Waals surface area contributed by atoms with Gasteiger partial charge in [0.25, 0.3) is 0 Å². The van der Waals surface area contributed by atoms with Gasteiger partial charge in [0.05, 0.1) is 12.1 Å². The zero-order valence-corrected chi connectivity index (χ0v) is 12.0. The number of rotatable bonds is 2. The van der Waals surface area contributed by atoms with E-state index < -0.39 is 0 Å². The minimum Gasteiger partial charge on any atom is -0.342 e. The van der Waals surface area contributed by atoms with Crippen LogP contribution in [-0.2, 0) is 6.54 Å². The van der Waals surface area contributed by atoms with E-state index in [2.05, 4.69) is 6.07 Å². The molecule has 0 bridgehead atoms. The monoisotopic (exact) mass is 300 g/mol. The maximum atomic E-state index is 9.21. The summed E-state index contributed by atoms with van der Waals surface area (Å²) in [5.41, 5.74) is 2.52. The lowest BCUT2D eigenvalue weighted by Gasteiger charge is -2.09. The molecule has 20 heavy (non-hydrogen) atoms. The molecule has 0 amide bonds. The second-order valence-corrected chi connectivity index (χ2v) is 5.31. The third-order valence-corrected chi connectivity index (χ3v) is 4.01. The highest BCUT2D eigenvalue weighted by Gasteiger charge is 2.11. The molecular weight excluding hydrogens is 291 g/mol. The fraction of sp³-hybridized carbons (Fsp3) is 0.0625. The van der Waals surface area contributed by atoms with Crippen LogP contribution in [0, 0.1) is 11.3 Å². The molecule has 0 saturated heterocycles. The third kappa shape index (κ3) is 2.16. The predicted octanol–water partition coefficient (Wildman–Crippen LogP) is 4.87. The summed E-state index contributed by atoms with van der Waals surface area (Å²) < 4.78 is 2.00. The molecule has 3 aromatic rings. The first-order valence-corrected chi connectivity index (χ1v) is 6.87. The van der Waals surface area contributed by atoms with E-state index in [1.54, 1.807) is 0 Å². The number of hydrogen-bond acceptors (Lipinski definition) is 1. The Labute approximate surface area is 126 Å². The molecular formula is C16H10Cl2N2. The summed E-state index contributed by atoms with van der Waals surface area (Å²) in [5, 5.41) is 11.4. The Bertz CT molecular complexity index is 808. The van der Waals surface area contributed by atoms with Crippen LogP contribution in [0.15, 0.2) is 48.7 Å². The van der Waals surface area contributed by atoms with Crippen LogP contribution in [0.25, 0.3) is 10.9 Å². The van der Waals surface area contributed by atoms with Crippen molar-refractivity contribution in [3.63, 3.8) is 0 Å². The van der Waals surface area contributed by atoms with Gasteiger partial charge in [-0.05, 0) is 18.2 Å². The maximum absolute atomic E-state index is 9.21. The summed E-state index contributed by atoms with van der Waals surface area (Å²) in [4.78, 5) is 0. The summed E-state index contributed by atoms with van der Waals surface area (Å²) in [5.74, 6) is 0. The second-order valence-electron chi connectivity index (χ2n) is 4.50. The Hall–Kier alpha value is -1.95. The number of hydrogen-bond donors (Lipinski definition) is 0. The fourth-order valence-corrected chi connectivity index (χ4v) is 2.84. The van der Waals surface area contributed by atoms with Gasteiger partial charge in [0, 0.05) is 32.7 Å². The summed E-state index contributed by atoms with van der Waals surface area (Å²) in [6, 6.07) is 15.5. The van der Waals surface area contributed by atoms with Gasteiger partial charge < -0.3 is 4.57 Å². The van der Waals surface area contributed by atoms with Gasteiger partial charge in [-0.15, -0.1) is 0 Å². The van der Waals surface area contributed by atoms with Crippen molar-refractivity contribution in [3.05, 3.63) is 69.8 Å². The van der Waals surface area contributed by atoms with Crippen LogP contribution in [0.3, 0.4) is 0 Å². The second kappa shape index (κ2) is 5.20. The standard InChI is InChI=1S/C16H10Cl2N2/c17-14-5-3-6-15(18)13(14)10-20-9-11(8-19)12-4-1-2-7-16(12)20/h1-7,9H,10H2. The van der Waals surface area contributed by atoms with Crippen LogP contribution in [0.2, 0.25) is 10.0 Å². The van der Waals surface area contributed by atoms with E-state index in [1.807, 2.05) is 53.2 Å². The predicted molar refractivity (Wildman–Crippen MR) is 82.2 cm³/mol. The third-order valence-electron chi connectivity index (χ3n) is 3.30.